The van der Waals surface area contributed by atoms with E-state index in [4.69, 9.17) is 4.74 Å². The highest BCUT2D eigenvalue weighted by molar-refractivity contribution is 9.10. The first kappa shape index (κ1) is 17.9. The molecule has 0 fully saturated rings. The van der Waals surface area contributed by atoms with Crippen molar-refractivity contribution >= 4 is 33.3 Å². The number of pyridine rings is 1. The Morgan fingerprint density at radius 3 is 2.62 bits per heavy atom. The van der Waals surface area contributed by atoms with Crippen molar-refractivity contribution in [3.8, 4) is 5.75 Å². The van der Waals surface area contributed by atoms with Crippen LogP contribution in [0.2, 0.25) is 0 Å². The fourth-order valence-corrected chi connectivity index (χ4v) is 2.74. The molecule has 1 amide bonds. The Morgan fingerprint density at radius 2 is 1.85 bits per heavy atom. The monoisotopic (exact) mass is 411 g/mol. The first-order chi connectivity index (χ1) is 12.7. The average Bonchev–Trinajstić information content (AvgIpc) is 2.68. The van der Waals surface area contributed by atoms with Gasteiger partial charge < -0.3 is 15.4 Å². The predicted octanol–water partition coefficient (Wildman–Crippen LogP) is 4.53. The lowest BCUT2D eigenvalue weighted by Crippen LogP contribution is -2.24. The lowest BCUT2D eigenvalue weighted by molar-refractivity contribution is 0.0951. The van der Waals surface area contributed by atoms with Gasteiger partial charge in [-0.05, 0) is 42.5 Å². The number of hydrogen-bond donors (Lipinski definition) is 2. The topological polar surface area (TPSA) is 63.2 Å². The number of anilines is 2. The van der Waals surface area contributed by atoms with Crippen LogP contribution in [0.5, 0.6) is 5.75 Å². The molecule has 0 radical (unpaired) electrons. The van der Waals surface area contributed by atoms with Crippen molar-refractivity contribution in [2.45, 2.75) is 6.54 Å². The first-order valence-electron chi connectivity index (χ1n) is 8.05. The Bertz CT molecular complexity index is 898. The van der Waals surface area contributed by atoms with Gasteiger partial charge in [-0.3, -0.25) is 4.79 Å². The third-order valence-corrected chi connectivity index (χ3v) is 4.32. The molecule has 0 aliphatic rings. The molecule has 3 rings (SSSR count). The summed E-state index contributed by atoms with van der Waals surface area (Å²) in [5, 5.41) is 6.10. The van der Waals surface area contributed by atoms with Gasteiger partial charge in [0.05, 0.1) is 12.7 Å². The van der Waals surface area contributed by atoms with Crippen LogP contribution >= 0.6 is 15.9 Å². The van der Waals surface area contributed by atoms with E-state index >= 15 is 0 Å². The molecule has 3 aromatic rings. The zero-order valence-corrected chi connectivity index (χ0v) is 15.8. The van der Waals surface area contributed by atoms with Crippen molar-refractivity contribution < 1.29 is 9.53 Å². The molecule has 1 heterocycles. The summed E-state index contributed by atoms with van der Waals surface area (Å²) in [4.78, 5) is 16.9. The van der Waals surface area contributed by atoms with E-state index in [0.29, 0.717) is 17.9 Å². The molecule has 0 bridgehead atoms. The molecule has 1 aromatic heterocycles. The third kappa shape index (κ3) is 4.40. The molecule has 0 aliphatic carbocycles. The first-order valence-corrected chi connectivity index (χ1v) is 8.84. The number of nitrogens with zero attached hydrogens (tertiary/aromatic N) is 1. The molecule has 0 spiro atoms. The minimum absolute atomic E-state index is 0.205. The Hall–Kier alpha value is -2.86. The zero-order chi connectivity index (χ0) is 18.4. The molecule has 0 aliphatic heterocycles. The number of para-hydroxylation sites is 1. The molecule has 0 saturated heterocycles. The summed E-state index contributed by atoms with van der Waals surface area (Å²) < 4.78 is 6.30. The van der Waals surface area contributed by atoms with Crippen LogP contribution in [0.4, 0.5) is 11.5 Å². The molecular weight excluding hydrogens is 394 g/mol. The number of hydrogen-bond acceptors (Lipinski definition) is 4. The molecular formula is C20H18BrN3O2. The number of carbonyl (C=O) groups is 1. The van der Waals surface area contributed by atoms with Gasteiger partial charge >= 0.3 is 0 Å². The fourth-order valence-electron chi connectivity index (χ4n) is 2.48. The smallest absolute Gasteiger partial charge is 0.255 e. The molecule has 0 atom stereocenters. The quantitative estimate of drug-likeness (QED) is 0.625. The second-order valence-electron chi connectivity index (χ2n) is 5.53. The van der Waals surface area contributed by atoms with Gasteiger partial charge in [-0.25, -0.2) is 4.98 Å². The van der Waals surface area contributed by atoms with E-state index < -0.39 is 0 Å². The second kappa shape index (κ2) is 8.49. The highest BCUT2D eigenvalue weighted by atomic mass is 79.9. The number of rotatable bonds is 6. The van der Waals surface area contributed by atoms with Gasteiger partial charge in [-0.2, -0.15) is 0 Å². The SMILES string of the molecule is COc1ccccc1CNC(=O)c1cccnc1Nc1ccc(Br)cc1. The van der Waals surface area contributed by atoms with E-state index in [0.717, 1.165) is 21.5 Å². The number of carbonyl (C=O) groups excluding carboxylic acids is 1. The van der Waals surface area contributed by atoms with Crippen molar-refractivity contribution in [3.63, 3.8) is 0 Å². The highest BCUT2D eigenvalue weighted by Crippen LogP contribution is 2.21. The summed E-state index contributed by atoms with van der Waals surface area (Å²) >= 11 is 3.41. The van der Waals surface area contributed by atoms with Crippen LogP contribution in [0, 0.1) is 0 Å². The van der Waals surface area contributed by atoms with Gasteiger partial charge in [0.15, 0.2) is 0 Å². The molecule has 132 valence electrons. The van der Waals surface area contributed by atoms with Crippen LogP contribution in [-0.2, 0) is 6.54 Å². The third-order valence-electron chi connectivity index (χ3n) is 3.79. The van der Waals surface area contributed by atoms with Crippen LogP contribution < -0.4 is 15.4 Å². The number of aromatic nitrogens is 1. The number of amides is 1. The molecule has 26 heavy (non-hydrogen) atoms. The normalized spacial score (nSPS) is 10.2. The molecule has 2 aromatic carbocycles. The van der Waals surface area contributed by atoms with Crippen LogP contribution in [0.25, 0.3) is 0 Å². The lowest BCUT2D eigenvalue weighted by atomic mass is 10.2. The van der Waals surface area contributed by atoms with Crippen molar-refractivity contribution in [1.29, 1.82) is 0 Å². The Kier molecular flexibility index (Phi) is 5.86. The van der Waals surface area contributed by atoms with Crippen LogP contribution in [0.1, 0.15) is 15.9 Å². The Morgan fingerprint density at radius 1 is 1.08 bits per heavy atom. The maximum absolute atomic E-state index is 12.6. The van der Waals surface area contributed by atoms with E-state index in [2.05, 4.69) is 31.5 Å². The van der Waals surface area contributed by atoms with Crippen molar-refractivity contribution in [1.82, 2.24) is 10.3 Å². The molecule has 2 N–H and O–H groups in total. The minimum Gasteiger partial charge on any atom is -0.496 e. The van der Waals surface area contributed by atoms with E-state index in [1.165, 1.54) is 0 Å². The van der Waals surface area contributed by atoms with Crippen LogP contribution in [-0.4, -0.2) is 18.0 Å². The number of benzene rings is 2. The van der Waals surface area contributed by atoms with E-state index in [-0.39, 0.29) is 5.91 Å². The maximum atomic E-state index is 12.6. The summed E-state index contributed by atoms with van der Waals surface area (Å²) in [5.74, 6) is 1.04. The Labute approximate surface area is 160 Å². The van der Waals surface area contributed by atoms with Gasteiger partial charge in [-0.1, -0.05) is 34.1 Å². The number of ether oxygens (including phenoxy) is 1. The number of halogens is 1. The maximum Gasteiger partial charge on any atom is 0.255 e. The molecule has 5 nitrogen and oxygen atoms in total. The largest absolute Gasteiger partial charge is 0.496 e. The Balaban J connectivity index is 1.74. The summed E-state index contributed by atoms with van der Waals surface area (Å²) in [6.07, 6.45) is 1.65. The molecule has 6 heteroatoms. The van der Waals surface area contributed by atoms with Crippen molar-refractivity contribution in [2.24, 2.45) is 0 Å². The average molecular weight is 412 g/mol. The van der Waals surface area contributed by atoms with Crippen molar-refractivity contribution in [2.75, 3.05) is 12.4 Å². The molecule has 0 saturated carbocycles. The zero-order valence-electron chi connectivity index (χ0n) is 14.2. The number of nitrogens with one attached hydrogen (secondary N) is 2. The van der Waals surface area contributed by atoms with Gasteiger partial charge in [0, 0.05) is 28.5 Å². The van der Waals surface area contributed by atoms with E-state index in [1.54, 1.807) is 25.4 Å². The number of methoxy groups -OCH3 is 1. The van der Waals surface area contributed by atoms with Gasteiger partial charge in [0.2, 0.25) is 0 Å². The summed E-state index contributed by atoms with van der Waals surface area (Å²) in [5.41, 5.74) is 2.24. The summed E-state index contributed by atoms with van der Waals surface area (Å²) in [6.45, 7) is 0.371. The van der Waals surface area contributed by atoms with Gasteiger partial charge in [-0.15, -0.1) is 0 Å². The second-order valence-corrected chi connectivity index (χ2v) is 6.44. The fraction of sp³-hybridized carbons (Fsp3) is 0.100. The summed E-state index contributed by atoms with van der Waals surface area (Å²) in [6, 6.07) is 18.7. The minimum atomic E-state index is -0.205. The summed E-state index contributed by atoms with van der Waals surface area (Å²) in [7, 11) is 1.61. The van der Waals surface area contributed by atoms with Crippen molar-refractivity contribution in [3.05, 3.63) is 82.5 Å². The van der Waals surface area contributed by atoms with E-state index in [1.807, 2.05) is 48.5 Å². The molecule has 0 unspecified atom stereocenters. The van der Waals surface area contributed by atoms with Crippen LogP contribution in [0.15, 0.2) is 71.3 Å². The van der Waals surface area contributed by atoms with Gasteiger partial charge in [0.1, 0.15) is 11.6 Å². The standard InChI is InChI=1S/C20H18BrN3O2/c1-26-18-7-3-2-5-14(18)13-23-20(25)17-6-4-12-22-19(17)24-16-10-8-15(21)9-11-16/h2-12H,13H2,1H3,(H,22,24)(H,23,25). The predicted molar refractivity (Wildman–Crippen MR) is 106 cm³/mol. The van der Waals surface area contributed by atoms with E-state index in [9.17, 15) is 4.79 Å². The van der Waals surface area contributed by atoms with Crippen LogP contribution in [0.3, 0.4) is 0 Å². The van der Waals surface area contributed by atoms with Gasteiger partial charge in [0.25, 0.3) is 5.91 Å². The lowest BCUT2D eigenvalue weighted by Gasteiger charge is -2.12. The highest BCUT2D eigenvalue weighted by Gasteiger charge is 2.13.